The van der Waals surface area contributed by atoms with Crippen LogP contribution in [0.4, 0.5) is 4.79 Å². The second-order valence-corrected chi connectivity index (χ2v) is 6.38. The largest absolute Gasteiger partial charge is 0.493 e. The Morgan fingerprint density at radius 3 is 2.52 bits per heavy atom. The van der Waals surface area contributed by atoms with Crippen LogP contribution in [-0.4, -0.2) is 54.0 Å². The molecule has 6 nitrogen and oxygen atoms in total. The standard InChI is InChI=1S/C14H20N2O4S/c1-19-12-4-3-11(9-13(12)20-2)10-15-14(17)16-5-7-21(18)8-6-16/h3-4,9H,5-8,10H2,1-2H3,(H,15,17). The number of urea groups is 1. The third-order valence-corrected chi connectivity index (χ3v) is 4.63. The van der Waals surface area contributed by atoms with Crippen molar-refractivity contribution in [3.8, 4) is 11.5 Å². The summed E-state index contributed by atoms with van der Waals surface area (Å²) in [4.78, 5) is 13.7. The molecule has 0 atom stereocenters. The molecule has 0 bridgehead atoms. The summed E-state index contributed by atoms with van der Waals surface area (Å²) < 4.78 is 21.7. The summed E-state index contributed by atoms with van der Waals surface area (Å²) >= 11 is 0. The van der Waals surface area contributed by atoms with E-state index in [1.165, 1.54) is 0 Å². The van der Waals surface area contributed by atoms with E-state index in [4.69, 9.17) is 9.47 Å². The molecule has 116 valence electrons. The van der Waals surface area contributed by atoms with Gasteiger partial charge in [-0.05, 0) is 17.7 Å². The van der Waals surface area contributed by atoms with Gasteiger partial charge in [0.2, 0.25) is 0 Å². The van der Waals surface area contributed by atoms with E-state index in [0.29, 0.717) is 42.6 Å². The summed E-state index contributed by atoms with van der Waals surface area (Å²) in [5.41, 5.74) is 0.932. The van der Waals surface area contributed by atoms with E-state index in [9.17, 15) is 9.00 Å². The smallest absolute Gasteiger partial charge is 0.317 e. The number of benzene rings is 1. The predicted molar refractivity (Wildman–Crippen MR) is 81.2 cm³/mol. The van der Waals surface area contributed by atoms with Crippen LogP contribution in [0.1, 0.15) is 5.56 Å². The lowest BCUT2D eigenvalue weighted by Gasteiger charge is -2.26. The van der Waals surface area contributed by atoms with Gasteiger partial charge < -0.3 is 19.7 Å². The van der Waals surface area contributed by atoms with Gasteiger partial charge in [0.1, 0.15) is 0 Å². The van der Waals surface area contributed by atoms with E-state index in [0.717, 1.165) is 5.56 Å². The first-order chi connectivity index (χ1) is 10.1. The quantitative estimate of drug-likeness (QED) is 0.900. The topological polar surface area (TPSA) is 67.9 Å². The lowest BCUT2D eigenvalue weighted by Crippen LogP contribution is -2.46. The van der Waals surface area contributed by atoms with Crippen molar-refractivity contribution in [1.29, 1.82) is 0 Å². The van der Waals surface area contributed by atoms with Crippen molar-refractivity contribution < 1.29 is 18.5 Å². The molecule has 0 aliphatic carbocycles. The zero-order valence-corrected chi connectivity index (χ0v) is 13.1. The molecule has 1 fully saturated rings. The third-order valence-electron chi connectivity index (χ3n) is 3.36. The Kier molecular flexibility index (Phi) is 5.44. The molecule has 1 aromatic rings. The highest BCUT2D eigenvalue weighted by molar-refractivity contribution is 7.85. The molecule has 1 aliphatic heterocycles. The van der Waals surface area contributed by atoms with Crippen molar-refractivity contribution in [3.05, 3.63) is 23.8 Å². The average Bonchev–Trinajstić information content (AvgIpc) is 2.52. The van der Waals surface area contributed by atoms with Crippen molar-refractivity contribution in [2.75, 3.05) is 38.8 Å². The molecule has 2 amide bonds. The number of amides is 2. The molecule has 0 aromatic heterocycles. The van der Waals surface area contributed by atoms with Crippen molar-refractivity contribution in [2.45, 2.75) is 6.54 Å². The van der Waals surface area contributed by atoms with Crippen LogP contribution in [0, 0.1) is 0 Å². The molecule has 1 aromatic carbocycles. The average molecular weight is 312 g/mol. The molecule has 7 heteroatoms. The van der Waals surface area contributed by atoms with Gasteiger partial charge in [-0.2, -0.15) is 0 Å². The van der Waals surface area contributed by atoms with E-state index in [-0.39, 0.29) is 6.03 Å². The van der Waals surface area contributed by atoms with E-state index in [1.54, 1.807) is 19.1 Å². The fourth-order valence-electron chi connectivity index (χ4n) is 2.12. The summed E-state index contributed by atoms with van der Waals surface area (Å²) in [6, 6.07) is 5.41. The summed E-state index contributed by atoms with van der Waals surface area (Å²) in [7, 11) is 2.38. The van der Waals surface area contributed by atoms with Gasteiger partial charge in [-0.25, -0.2) is 4.79 Å². The van der Waals surface area contributed by atoms with Crippen molar-refractivity contribution in [1.82, 2.24) is 10.2 Å². The molecular formula is C14H20N2O4S. The number of nitrogens with zero attached hydrogens (tertiary/aromatic N) is 1. The Labute approximate surface area is 126 Å². The maximum atomic E-state index is 12.0. The molecule has 0 unspecified atom stereocenters. The minimum absolute atomic E-state index is 0.124. The van der Waals surface area contributed by atoms with E-state index >= 15 is 0 Å². The molecule has 0 saturated carbocycles. The van der Waals surface area contributed by atoms with Gasteiger partial charge in [0, 0.05) is 41.9 Å². The van der Waals surface area contributed by atoms with Crippen LogP contribution >= 0.6 is 0 Å². The molecule has 1 aliphatic rings. The van der Waals surface area contributed by atoms with Crippen LogP contribution in [0.25, 0.3) is 0 Å². The van der Waals surface area contributed by atoms with Crippen LogP contribution in [0.15, 0.2) is 18.2 Å². The zero-order valence-electron chi connectivity index (χ0n) is 12.3. The highest BCUT2D eigenvalue weighted by Crippen LogP contribution is 2.27. The first-order valence-electron chi connectivity index (χ1n) is 6.72. The highest BCUT2D eigenvalue weighted by Gasteiger charge is 2.19. The number of nitrogens with one attached hydrogen (secondary N) is 1. The summed E-state index contributed by atoms with van der Waals surface area (Å²) in [6.07, 6.45) is 0. The van der Waals surface area contributed by atoms with Crippen LogP contribution in [0.2, 0.25) is 0 Å². The minimum atomic E-state index is -0.778. The molecule has 0 spiro atoms. The second-order valence-electron chi connectivity index (χ2n) is 4.68. The molecule has 0 radical (unpaired) electrons. The monoisotopic (exact) mass is 312 g/mol. The van der Waals surface area contributed by atoms with Crippen LogP contribution < -0.4 is 14.8 Å². The number of rotatable bonds is 4. The normalized spacial score (nSPS) is 15.6. The molecule has 1 N–H and O–H groups in total. The number of hydrogen-bond donors (Lipinski definition) is 1. The first-order valence-corrected chi connectivity index (χ1v) is 8.21. The van der Waals surface area contributed by atoms with Gasteiger partial charge in [-0.15, -0.1) is 0 Å². The van der Waals surface area contributed by atoms with Gasteiger partial charge >= 0.3 is 6.03 Å². The fraction of sp³-hybridized carbons (Fsp3) is 0.500. The van der Waals surface area contributed by atoms with Crippen LogP contribution in [-0.2, 0) is 17.3 Å². The van der Waals surface area contributed by atoms with Crippen molar-refractivity contribution in [3.63, 3.8) is 0 Å². The Bertz CT molecular complexity index is 526. The Balaban J connectivity index is 1.90. The first kappa shape index (κ1) is 15.6. The van der Waals surface area contributed by atoms with E-state index in [1.807, 2.05) is 18.2 Å². The van der Waals surface area contributed by atoms with Crippen molar-refractivity contribution >= 4 is 16.8 Å². The van der Waals surface area contributed by atoms with Gasteiger partial charge in [0.05, 0.1) is 14.2 Å². The maximum Gasteiger partial charge on any atom is 0.317 e. The Hall–Kier alpha value is -1.76. The molecule has 1 saturated heterocycles. The van der Waals surface area contributed by atoms with Gasteiger partial charge in [-0.3, -0.25) is 4.21 Å². The summed E-state index contributed by atoms with van der Waals surface area (Å²) in [5, 5.41) is 2.86. The van der Waals surface area contributed by atoms with Gasteiger partial charge in [0.25, 0.3) is 0 Å². The van der Waals surface area contributed by atoms with E-state index in [2.05, 4.69) is 5.32 Å². The number of carbonyl (C=O) groups excluding carboxylic acids is 1. The van der Waals surface area contributed by atoms with Crippen molar-refractivity contribution in [2.24, 2.45) is 0 Å². The number of ether oxygens (including phenoxy) is 2. The second kappa shape index (κ2) is 7.31. The molecule has 2 rings (SSSR count). The maximum absolute atomic E-state index is 12.0. The van der Waals surface area contributed by atoms with Crippen LogP contribution in [0.5, 0.6) is 11.5 Å². The zero-order chi connectivity index (χ0) is 15.2. The lowest BCUT2D eigenvalue weighted by molar-refractivity contribution is 0.202. The van der Waals surface area contributed by atoms with E-state index < -0.39 is 10.8 Å². The Morgan fingerprint density at radius 2 is 1.90 bits per heavy atom. The highest BCUT2D eigenvalue weighted by atomic mass is 32.2. The predicted octanol–water partition coefficient (Wildman–Crippen LogP) is 0.978. The number of methoxy groups -OCH3 is 2. The SMILES string of the molecule is COc1ccc(CNC(=O)N2CCS(=O)CC2)cc1OC. The minimum Gasteiger partial charge on any atom is -0.493 e. The number of hydrogen-bond acceptors (Lipinski definition) is 4. The van der Waals surface area contributed by atoms with Gasteiger partial charge in [0.15, 0.2) is 11.5 Å². The molecule has 1 heterocycles. The van der Waals surface area contributed by atoms with Gasteiger partial charge in [-0.1, -0.05) is 6.07 Å². The summed E-state index contributed by atoms with van der Waals surface area (Å²) in [5.74, 6) is 2.41. The number of carbonyl (C=O) groups is 1. The molecular weight excluding hydrogens is 292 g/mol. The molecule has 21 heavy (non-hydrogen) atoms. The third kappa shape index (κ3) is 4.10. The van der Waals surface area contributed by atoms with Crippen LogP contribution in [0.3, 0.4) is 0 Å². The lowest BCUT2D eigenvalue weighted by atomic mass is 10.2. The Morgan fingerprint density at radius 1 is 1.24 bits per heavy atom. The fourth-order valence-corrected chi connectivity index (χ4v) is 3.17. The summed E-state index contributed by atoms with van der Waals surface area (Å²) in [6.45, 7) is 1.51.